The van der Waals surface area contributed by atoms with Crippen LogP contribution in [0.15, 0.2) is 36.5 Å². The van der Waals surface area contributed by atoms with E-state index in [1.807, 2.05) is 19.1 Å². The first-order valence-electron chi connectivity index (χ1n) is 8.96. The summed E-state index contributed by atoms with van der Waals surface area (Å²) in [6.07, 6.45) is 2.69. The fourth-order valence-electron chi connectivity index (χ4n) is 3.33. The summed E-state index contributed by atoms with van der Waals surface area (Å²) in [7, 11) is 0. The molecule has 3 rings (SSSR count). The third-order valence-corrected chi connectivity index (χ3v) is 4.89. The third-order valence-electron chi connectivity index (χ3n) is 4.89. The van der Waals surface area contributed by atoms with E-state index >= 15 is 0 Å². The number of halogens is 2. The number of amides is 1. The smallest absolute Gasteiger partial charge is 0.256 e. The van der Waals surface area contributed by atoms with E-state index in [1.165, 1.54) is 11.0 Å². The van der Waals surface area contributed by atoms with E-state index in [1.54, 1.807) is 6.20 Å². The van der Waals surface area contributed by atoms with Crippen LogP contribution in [0.25, 0.3) is 0 Å². The number of aryl methyl sites for hydroxylation is 1. The Bertz CT molecular complexity index is 831. The van der Waals surface area contributed by atoms with Crippen molar-refractivity contribution in [3.8, 4) is 0 Å². The van der Waals surface area contributed by atoms with Crippen LogP contribution < -0.4 is 5.32 Å². The van der Waals surface area contributed by atoms with Gasteiger partial charge in [-0.05, 0) is 49.1 Å². The second kappa shape index (κ2) is 8.10. The topological polar surface area (TPSA) is 65.5 Å². The van der Waals surface area contributed by atoms with Crippen molar-refractivity contribution in [2.24, 2.45) is 0 Å². The standard InChI is InChI=1S/C20H23F2N3O2/c1-14-4-2-8-24-18(14)11-23-13-20(27)7-3-9-25(19(20)26)12-15-5-6-16(21)17(22)10-15/h2,4-6,8,10,23,27H,3,7,9,11-13H2,1H3. The van der Waals surface area contributed by atoms with Gasteiger partial charge in [-0.15, -0.1) is 0 Å². The number of nitrogens with zero attached hydrogens (tertiary/aromatic N) is 2. The molecule has 1 unspecified atom stereocenters. The minimum absolute atomic E-state index is 0.107. The molecule has 27 heavy (non-hydrogen) atoms. The molecule has 0 aliphatic carbocycles. The van der Waals surface area contributed by atoms with E-state index in [2.05, 4.69) is 10.3 Å². The van der Waals surface area contributed by atoms with Crippen LogP contribution in [0.5, 0.6) is 0 Å². The van der Waals surface area contributed by atoms with Gasteiger partial charge in [0, 0.05) is 32.4 Å². The first-order valence-corrected chi connectivity index (χ1v) is 8.96. The van der Waals surface area contributed by atoms with Gasteiger partial charge in [0.15, 0.2) is 17.2 Å². The average molecular weight is 375 g/mol. The maximum absolute atomic E-state index is 13.4. The van der Waals surface area contributed by atoms with E-state index in [0.29, 0.717) is 31.5 Å². The molecule has 0 radical (unpaired) electrons. The lowest BCUT2D eigenvalue weighted by atomic mass is 9.91. The number of aromatic nitrogens is 1. The Morgan fingerprint density at radius 2 is 2.11 bits per heavy atom. The fraction of sp³-hybridized carbons (Fsp3) is 0.400. The Morgan fingerprint density at radius 1 is 1.30 bits per heavy atom. The van der Waals surface area contributed by atoms with Gasteiger partial charge in [0.25, 0.3) is 5.91 Å². The van der Waals surface area contributed by atoms with Crippen molar-refractivity contribution < 1.29 is 18.7 Å². The van der Waals surface area contributed by atoms with E-state index in [4.69, 9.17) is 0 Å². The second-order valence-corrected chi connectivity index (χ2v) is 6.98. The first kappa shape index (κ1) is 19.4. The summed E-state index contributed by atoms with van der Waals surface area (Å²) in [5.74, 6) is -2.27. The van der Waals surface area contributed by atoms with Crippen molar-refractivity contribution in [1.29, 1.82) is 0 Å². The van der Waals surface area contributed by atoms with Crippen molar-refractivity contribution in [3.63, 3.8) is 0 Å². The van der Waals surface area contributed by atoms with Crippen LogP contribution in [-0.4, -0.2) is 39.6 Å². The van der Waals surface area contributed by atoms with Gasteiger partial charge >= 0.3 is 0 Å². The average Bonchev–Trinajstić information content (AvgIpc) is 2.64. The maximum Gasteiger partial charge on any atom is 0.256 e. The molecule has 2 aromatic rings. The monoisotopic (exact) mass is 375 g/mol. The number of hydrogen-bond acceptors (Lipinski definition) is 4. The Hall–Kier alpha value is -2.38. The molecule has 1 aliphatic heterocycles. The van der Waals surface area contributed by atoms with E-state index < -0.39 is 23.1 Å². The highest BCUT2D eigenvalue weighted by molar-refractivity contribution is 5.86. The molecule has 2 N–H and O–H groups in total. The van der Waals surface area contributed by atoms with Crippen molar-refractivity contribution >= 4 is 5.91 Å². The summed E-state index contributed by atoms with van der Waals surface area (Å²) >= 11 is 0. The number of aliphatic hydroxyl groups is 1. The lowest BCUT2D eigenvalue weighted by molar-refractivity contribution is -0.157. The minimum atomic E-state index is -1.51. The van der Waals surface area contributed by atoms with Crippen LogP contribution in [0.4, 0.5) is 8.78 Å². The molecule has 1 aromatic heterocycles. The van der Waals surface area contributed by atoms with Gasteiger partial charge in [0.05, 0.1) is 5.69 Å². The van der Waals surface area contributed by atoms with Crippen molar-refractivity contribution in [2.45, 2.75) is 38.5 Å². The van der Waals surface area contributed by atoms with Crippen LogP contribution in [0.3, 0.4) is 0 Å². The molecule has 1 amide bonds. The van der Waals surface area contributed by atoms with E-state index in [9.17, 15) is 18.7 Å². The largest absolute Gasteiger partial charge is 0.379 e. The summed E-state index contributed by atoms with van der Waals surface area (Å²) in [6, 6.07) is 7.38. The number of nitrogens with one attached hydrogen (secondary N) is 1. The van der Waals surface area contributed by atoms with Gasteiger partial charge < -0.3 is 15.3 Å². The summed E-state index contributed by atoms with van der Waals surface area (Å²) < 4.78 is 26.5. The maximum atomic E-state index is 13.4. The molecule has 1 aliphatic rings. The third kappa shape index (κ3) is 4.48. The van der Waals surface area contributed by atoms with Gasteiger partial charge in [0.1, 0.15) is 0 Å². The van der Waals surface area contributed by atoms with Crippen LogP contribution in [0.1, 0.15) is 29.7 Å². The lowest BCUT2D eigenvalue weighted by Crippen LogP contribution is -2.57. The zero-order valence-corrected chi connectivity index (χ0v) is 15.2. The minimum Gasteiger partial charge on any atom is -0.379 e. The van der Waals surface area contributed by atoms with E-state index in [-0.39, 0.29) is 13.1 Å². The van der Waals surface area contributed by atoms with Crippen molar-refractivity contribution in [1.82, 2.24) is 15.2 Å². The highest BCUT2D eigenvalue weighted by Gasteiger charge is 2.41. The van der Waals surface area contributed by atoms with Crippen LogP contribution in [0, 0.1) is 18.6 Å². The molecule has 144 valence electrons. The van der Waals surface area contributed by atoms with Gasteiger partial charge in [0.2, 0.25) is 0 Å². The zero-order valence-electron chi connectivity index (χ0n) is 15.2. The Morgan fingerprint density at radius 3 is 2.85 bits per heavy atom. The molecule has 1 fully saturated rings. The molecule has 0 spiro atoms. The Balaban J connectivity index is 1.62. The number of hydrogen-bond donors (Lipinski definition) is 2. The molecule has 2 heterocycles. The number of pyridine rings is 1. The number of likely N-dealkylation sites (tertiary alicyclic amines) is 1. The number of rotatable bonds is 6. The summed E-state index contributed by atoms with van der Waals surface area (Å²) in [6.45, 7) is 3.12. The first-order chi connectivity index (χ1) is 12.9. The zero-order chi connectivity index (χ0) is 19.4. The predicted octanol–water partition coefficient (Wildman–Crippen LogP) is 2.31. The molecule has 1 aromatic carbocycles. The van der Waals surface area contributed by atoms with E-state index in [0.717, 1.165) is 23.4 Å². The molecule has 0 bridgehead atoms. The molecule has 0 saturated carbocycles. The van der Waals surface area contributed by atoms with Gasteiger partial charge in [-0.2, -0.15) is 0 Å². The van der Waals surface area contributed by atoms with Gasteiger partial charge in [-0.3, -0.25) is 9.78 Å². The number of carbonyl (C=O) groups is 1. The van der Waals surface area contributed by atoms with Crippen molar-refractivity contribution in [2.75, 3.05) is 13.1 Å². The molecular formula is C20H23F2N3O2. The Labute approximate surface area is 157 Å². The number of carbonyl (C=O) groups excluding carboxylic acids is 1. The molecule has 1 saturated heterocycles. The lowest BCUT2D eigenvalue weighted by Gasteiger charge is -2.38. The SMILES string of the molecule is Cc1cccnc1CNCC1(O)CCCN(Cc2ccc(F)c(F)c2)C1=O. The van der Waals surface area contributed by atoms with Crippen LogP contribution in [0.2, 0.25) is 0 Å². The fourth-order valence-corrected chi connectivity index (χ4v) is 3.33. The Kier molecular flexibility index (Phi) is 5.82. The van der Waals surface area contributed by atoms with Crippen LogP contribution >= 0.6 is 0 Å². The number of piperidine rings is 1. The molecule has 1 atom stereocenters. The highest BCUT2D eigenvalue weighted by atomic mass is 19.2. The van der Waals surface area contributed by atoms with Crippen molar-refractivity contribution in [3.05, 3.63) is 65.0 Å². The summed E-state index contributed by atoms with van der Waals surface area (Å²) in [5, 5.41) is 13.9. The van der Waals surface area contributed by atoms with Gasteiger partial charge in [-0.25, -0.2) is 8.78 Å². The summed E-state index contributed by atoms with van der Waals surface area (Å²) in [4.78, 5) is 18.5. The highest BCUT2D eigenvalue weighted by Crippen LogP contribution is 2.24. The summed E-state index contributed by atoms with van der Waals surface area (Å²) in [5.41, 5.74) is 0.873. The quantitative estimate of drug-likeness (QED) is 0.813. The predicted molar refractivity (Wildman–Crippen MR) is 96.6 cm³/mol. The normalized spacial score (nSPS) is 20.1. The number of benzene rings is 1. The van der Waals surface area contributed by atoms with Gasteiger partial charge in [-0.1, -0.05) is 12.1 Å². The van der Waals surface area contributed by atoms with Crippen LogP contribution in [-0.2, 0) is 17.9 Å². The molecule has 5 nitrogen and oxygen atoms in total. The second-order valence-electron chi connectivity index (χ2n) is 6.98. The molecule has 7 heteroatoms. The molecular weight excluding hydrogens is 352 g/mol.